The van der Waals surface area contributed by atoms with Crippen LogP contribution in [0.2, 0.25) is 0 Å². The van der Waals surface area contributed by atoms with E-state index >= 15 is 0 Å². The fourth-order valence-electron chi connectivity index (χ4n) is 1.84. The van der Waals surface area contributed by atoms with Crippen LogP contribution >= 0.6 is 11.3 Å². The number of rotatable bonds is 8. The third kappa shape index (κ3) is 4.52. The Hall–Kier alpha value is -1.44. The summed E-state index contributed by atoms with van der Waals surface area (Å²) in [6.45, 7) is 3.02. The molecule has 0 atom stereocenters. The van der Waals surface area contributed by atoms with E-state index in [-0.39, 0.29) is 4.90 Å². The second kappa shape index (κ2) is 7.53. The molecule has 5 nitrogen and oxygen atoms in total. The largest absolute Gasteiger partial charge is 0.384 e. The molecule has 21 heavy (non-hydrogen) atoms. The molecule has 1 heterocycles. The average molecular weight is 325 g/mol. The molecule has 2 aromatic rings. The predicted octanol–water partition coefficient (Wildman–Crippen LogP) is 2.49. The van der Waals surface area contributed by atoms with Crippen molar-refractivity contribution in [2.45, 2.75) is 24.7 Å². The number of nitrogens with one attached hydrogen (secondary N) is 2. The lowest BCUT2D eigenvalue weighted by Crippen LogP contribution is -2.25. The van der Waals surface area contributed by atoms with Crippen LogP contribution < -0.4 is 10.0 Å². The van der Waals surface area contributed by atoms with Gasteiger partial charge in [-0.25, -0.2) is 18.1 Å². The van der Waals surface area contributed by atoms with Crippen LogP contribution in [0.15, 0.2) is 40.7 Å². The molecule has 0 aliphatic carbocycles. The fourth-order valence-corrected chi connectivity index (χ4v) is 3.78. The molecule has 0 unspecified atom stereocenters. The monoisotopic (exact) mass is 325 g/mol. The highest BCUT2D eigenvalue weighted by molar-refractivity contribution is 7.89. The summed E-state index contributed by atoms with van der Waals surface area (Å²) in [6, 6.07) is 6.95. The maximum atomic E-state index is 12.2. The third-order valence-corrected chi connectivity index (χ3v) is 5.22. The first-order valence-electron chi connectivity index (χ1n) is 6.84. The van der Waals surface area contributed by atoms with Gasteiger partial charge in [0.05, 0.1) is 10.7 Å². The van der Waals surface area contributed by atoms with Crippen molar-refractivity contribution in [3.05, 3.63) is 40.8 Å². The number of aromatic nitrogens is 1. The molecule has 7 heteroatoms. The molecule has 0 fully saturated rings. The van der Waals surface area contributed by atoms with Gasteiger partial charge in [0.2, 0.25) is 10.0 Å². The molecule has 0 aliphatic rings. The van der Waals surface area contributed by atoms with Crippen LogP contribution in [0.1, 0.15) is 18.4 Å². The lowest BCUT2D eigenvalue weighted by Gasteiger charge is -2.12. The van der Waals surface area contributed by atoms with Crippen LogP contribution in [0.25, 0.3) is 0 Å². The zero-order valence-electron chi connectivity index (χ0n) is 11.9. The summed E-state index contributed by atoms with van der Waals surface area (Å²) >= 11 is 1.60. The maximum absolute atomic E-state index is 12.2. The van der Waals surface area contributed by atoms with Gasteiger partial charge in [-0.2, -0.15) is 0 Å². The summed E-state index contributed by atoms with van der Waals surface area (Å²) < 4.78 is 27.1. The molecule has 1 aromatic carbocycles. The lowest BCUT2D eigenvalue weighted by atomic mass is 10.3. The van der Waals surface area contributed by atoms with Gasteiger partial charge in [-0.1, -0.05) is 19.1 Å². The van der Waals surface area contributed by atoms with E-state index in [1.165, 1.54) is 0 Å². The summed E-state index contributed by atoms with van der Waals surface area (Å²) in [5.74, 6) is 0. The Morgan fingerprint density at radius 2 is 2.05 bits per heavy atom. The molecule has 0 saturated heterocycles. The van der Waals surface area contributed by atoms with Gasteiger partial charge in [0.15, 0.2) is 0 Å². The highest BCUT2D eigenvalue weighted by Gasteiger charge is 2.17. The van der Waals surface area contributed by atoms with Crippen LogP contribution in [0, 0.1) is 0 Å². The Labute approximate surface area is 129 Å². The molecule has 0 aliphatic heterocycles. The van der Waals surface area contributed by atoms with Gasteiger partial charge in [0.1, 0.15) is 4.90 Å². The Balaban J connectivity index is 2.06. The molecule has 114 valence electrons. The molecule has 0 amide bonds. The Morgan fingerprint density at radius 3 is 2.76 bits per heavy atom. The molecular weight excluding hydrogens is 306 g/mol. The van der Waals surface area contributed by atoms with Crippen LogP contribution in [-0.4, -0.2) is 26.5 Å². The molecule has 0 bridgehead atoms. The van der Waals surface area contributed by atoms with E-state index in [0.717, 1.165) is 17.8 Å². The molecule has 0 spiro atoms. The van der Waals surface area contributed by atoms with Gasteiger partial charge in [-0.3, -0.25) is 0 Å². The van der Waals surface area contributed by atoms with Crippen molar-refractivity contribution >= 4 is 27.0 Å². The Kier molecular flexibility index (Phi) is 5.72. The van der Waals surface area contributed by atoms with Crippen molar-refractivity contribution in [1.82, 2.24) is 9.71 Å². The third-order valence-electron chi connectivity index (χ3n) is 2.86. The first-order valence-corrected chi connectivity index (χ1v) is 9.20. The van der Waals surface area contributed by atoms with Gasteiger partial charge in [0.25, 0.3) is 0 Å². The van der Waals surface area contributed by atoms with Crippen molar-refractivity contribution in [3.8, 4) is 0 Å². The number of nitrogens with zero attached hydrogens (tertiary/aromatic N) is 1. The van der Waals surface area contributed by atoms with Crippen LogP contribution in [-0.2, 0) is 16.4 Å². The van der Waals surface area contributed by atoms with E-state index in [1.807, 2.05) is 18.4 Å². The van der Waals surface area contributed by atoms with Gasteiger partial charge in [0, 0.05) is 31.1 Å². The zero-order valence-corrected chi connectivity index (χ0v) is 13.5. The van der Waals surface area contributed by atoms with Crippen molar-refractivity contribution in [3.63, 3.8) is 0 Å². The number of thiazole rings is 1. The molecule has 1 aromatic heterocycles. The number of sulfonamides is 1. The molecule has 2 N–H and O–H groups in total. The van der Waals surface area contributed by atoms with E-state index in [9.17, 15) is 8.42 Å². The Morgan fingerprint density at radius 1 is 1.24 bits per heavy atom. The second-order valence-corrected chi connectivity index (χ2v) is 7.21. The average Bonchev–Trinajstić information content (AvgIpc) is 2.99. The first-order chi connectivity index (χ1) is 10.1. The Bertz CT molecular complexity index is 655. The molecule has 0 radical (unpaired) electrons. The van der Waals surface area contributed by atoms with Gasteiger partial charge < -0.3 is 5.32 Å². The quantitative estimate of drug-likeness (QED) is 0.782. The summed E-state index contributed by atoms with van der Waals surface area (Å²) in [7, 11) is -3.46. The topological polar surface area (TPSA) is 71.1 Å². The summed E-state index contributed by atoms with van der Waals surface area (Å²) in [6.07, 6.45) is 3.31. The van der Waals surface area contributed by atoms with E-state index in [1.54, 1.807) is 35.7 Å². The zero-order chi connectivity index (χ0) is 15.1. The minimum absolute atomic E-state index is 0.289. The van der Waals surface area contributed by atoms with E-state index in [2.05, 4.69) is 15.0 Å². The number of para-hydroxylation sites is 1. The van der Waals surface area contributed by atoms with Crippen molar-refractivity contribution < 1.29 is 8.42 Å². The SMILES string of the molecule is CCCNS(=O)(=O)c1ccccc1NCCc1nccs1. The predicted molar refractivity (Wildman–Crippen MR) is 86.2 cm³/mol. The number of hydrogen-bond acceptors (Lipinski definition) is 5. The number of anilines is 1. The fraction of sp³-hybridized carbons (Fsp3) is 0.357. The summed E-state index contributed by atoms with van der Waals surface area (Å²) in [5.41, 5.74) is 0.623. The molecular formula is C14H19N3O2S2. The lowest BCUT2D eigenvalue weighted by molar-refractivity contribution is 0.581. The van der Waals surface area contributed by atoms with Crippen molar-refractivity contribution in [1.29, 1.82) is 0 Å². The summed E-state index contributed by atoms with van der Waals surface area (Å²) in [4.78, 5) is 4.50. The number of hydrogen-bond donors (Lipinski definition) is 2. The highest BCUT2D eigenvalue weighted by Crippen LogP contribution is 2.20. The second-order valence-electron chi connectivity index (χ2n) is 4.50. The normalized spacial score (nSPS) is 11.5. The first kappa shape index (κ1) is 15.9. The van der Waals surface area contributed by atoms with Crippen LogP contribution in [0.5, 0.6) is 0 Å². The molecule has 2 rings (SSSR count). The van der Waals surface area contributed by atoms with Crippen LogP contribution in [0.4, 0.5) is 5.69 Å². The van der Waals surface area contributed by atoms with Crippen molar-refractivity contribution in [2.75, 3.05) is 18.4 Å². The smallest absolute Gasteiger partial charge is 0.242 e. The van der Waals surface area contributed by atoms with Crippen LogP contribution in [0.3, 0.4) is 0 Å². The maximum Gasteiger partial charge on any atom is 0.242 e. The van der Waals surface area contributed by atoms with E-state index < -0.39 is 10.0 Å². The minimum atomic E-state index is -3.46. The standard InChI is InChI=1S/C14H19N3O2S2/c1-2-8-17-21(18,19)13-6-4-3-5-12(13)15-9-7-14-16-10-11-20-14/h3-6,10-11,15,17H,2,7-9H2,1H3. The molecule has 0 saturated carbocycles. The number of benzene rings is 1. The minimum Gasteiger partial charge on any atom is -0.384 e. The highest BCUT2D eigenvalue weighted by atomic mass is 32.2. The van der Waals surface area contributed by atoms with Gasteiger partial charge in [-0.15, -0.1) is 11.3 Å². The van der Waals surface area contributed by atoms with E-state index in [4.69, 9.17) is 0 Å². The summed E-state index contributed by atoms with van der Waals surface area (Å²) in [5, 5.41) is 6.15. The van der Waals surface area contributed by atoms with Gasteiger partial charge in [-0.05, 0) is 18.6 Å². The van der Waals surface area contributed by atoms with Crippen molar-refractivity contribution in [2.24, 2.45) is 0 Å². The van der Waals surface area contributed by atoms with Gasteiger partial charge >= 0.3 is 0 Å². The van der Waals surface area contributed by atoms with E-state index in [0.29, 0.717) is 18.8 Å².